The molecule has 0 unspecified atom stereocenters. The Balaban J connectivity index is 2.92. The molecule has 0 aliphatic carbocycles. The van der Waals surface area contributed by atoms with Gasteiger partial charge in [-0.1, -0.05) is 0 Å². The van der Waals surface area contributed by atoms with Crippen LogP contribution in [-0.4, -0.2) is 11.1 Å². The highest BCUT2D eigenvalue weighted by Gasteiger charge is 2.04. The van der Waals surface area contributed by atoms with Crippen LogP contribution in [-0.2, 0) is 0 Å². The summed E-state index contributed by atoms with van der Waals surface area (Å²) in [5, 5.41) is 0. The molecule has 0 saturated heterocycles. The summed E-state index contributed by atoms with van der Waals surface area (Å²) in [4.78, 5) is 3.94. The van der Waals surface area contributed by atoms with E-state index in [0.717, 1.165) is 11.3 Å². The third kappa shape index (κ3) is 1.87. The van der Waals surface area contributed by atoms with Crippen LogP contribution >= 0.6 is 0 Å². The fraction of sp³-hybridized carbons (Fsp3) is 0.444. The lowest BCUT2D eigenvalue weighted by molar-refractivity contribution is 0.240. The molecule has 0 bridgehead atoms. The van der Waals surface area contributed by atoms with Gasteiger partial charge in [-0.15, -0.1) is 0 Å². The van der Waals surface area contributed by atoms with Gasteiger partial charge < -0.3 is 10.5 Å². The first-order chi connectivity index (χ1) is 5.61. The minimum Gasteiger partial charge on any atom is -0.491 e. The third-order valence-electron chi connectivity index (χ3n) is 1.56. The molecule has 1 aromatic rings. The summed E-state index contributed by atoms with van der Waals surface area (Å²) in [6.45, 7) is 5.87. The maximum Gasteiger partial charge on any atom is 0.129 e. The van der Waals surface area contributed by atoms with E-state index < -0.39 is 0 Å². The van der Waals surface area contributed by atoms with Crippen LogP contribution in [0.2, 0.25) is 0 Å². The van der Waals surface area contributed by atoms with Gasteiger partial charge in [-0.3, -0.25) is 0 Å². The maximum absolute atomic E-state index is 5.61. The summed E-state index contributed by atoms with van der Waals surface area (Å²) in [6, 6.07) is 1.83. The summed E-state index contributed by atoms with van der Waals surface area (Å²) < 4.78 is 5.51. The van der Waals surface area contributed by atoms with Gasteiger partial charge in [0, 0.05) is 11.8 Å². The van der Waals surface area contributed by atoms with E-state index in [1.165, 1.54) is 0 Å². The van der Waals surface area contributed by atoms with E-state index in [2.05, 4.69) is 4.98 Å². The van der Waals surface area contributed by atoms with Crippen molar-refractivity contribution in [2.45, 2.75) is 26.9 Å². The summed E-state index contributed by atoms with van der Waals surface area (Å²) in [6.07, 6.45) is 1.82. The average molecular weight is 166 g/mol. The first kappa shape index (κ1) is 8.84. The van der Waals surface area contributed by atoms with Crippen molar-refractivity contribution in [3.8, 4) is 5.75 Å². The lowest BCUT2D eigenvalue weighted by Gasteiger charge is -2.12. The molecule has 66 valence electrons. The third-order valence-corrected chi connectivity index (χ3v) is 1.56. The molecule has 0 atom stereocenters. The van der Waals surface area contributed by atoms with Crippen LogP contribution in [0.4, 0.5) is 5.82 Å². The second kappa shape index (κ2) is 3.43. The zero-order valence-electron chi connectivity index (χ0n) is 7.66. The standard InChI is InChI=1S/C9H14N2O/c1-6(2)12-8-4-5-11-9(10)7(8)3/h4-6H,1-3H3,(H2,10,11). The number of hydrogen-bond donors (Lipinski definition) is 1. The Morgan fingerprint density at radius 2 is 2.17 bits per heavy atom. The summed E-state index contributed by atoms with van der Waals surface area (Å²) in [5.74, 6) is 1.35. The maximum atomic E-state index is 5.61. The van der Waals surface area contributed by atoms with Gasteiger partial charge in [0.1, 0.15) is 11.6 Å². The van der Waals surface area contributed by atoms with Gasteiger partial charge in [-0.25, -0.2) is 4.98 Å². The lowest BCUT2D eigenvalue weighted by Crippen LogP contribution is -2.07. The highest BCUT2D eigenvalue weighted by Crippen LogP contribution is 2.21. The Hall–Kier alpha value is -1.25. The van der Waals surface area contributed by atoms with E-state index in [-0.39, 0.29) is 6.10 Å². The molecule has 0 aliphatic rings. The van der Waals surface area contributed by atoms with Crippen molar-refractivity contribution in [3.05, 3.63) is 17.8 Å². The van der Waals surface area contributed by atoms with Crippen molar-refractivity contribution >= 4 is 5.82 Å². The molecule has 3 heteroatoms. The molecule has 2 N–H and O–H groups in total. The van der Waals surface area contributed by atoms with Crippen LogP contribution in [0.25, 0.3) is 0 Å². The van der Waals surface area contributed by atoms with Gasteiger partial charge >= 0.3 is 0 Å². The zero-order valence-corrected chi connectivity index (χ0v) is 7.66. The number of hydrogen-bond acceptors (Lipinski definition) is 3. The molecule has 0 fully saturated rings. The number of pyridine rings is 1. The zero-order chi connectivity index (χ0) is 9.14. The molecule has 1 heterocycles. The number of nitrogens with zero attached hydrogens (tertiary/aromatic N) is 1. The number of rotatable bonds is 2. The van der Waals surface area contributed by atoms with Gasteiger partial charge in [-0.05, 0) is 26.8 Å². The second-order valence-electron chi connectivity index (χ2n) is 2.99. The molecule has 0 amide bonds. The molecule has 1 aromatic heterocycles. The van der Waals surface area contributed by atoms with Crippen LogP contribution in [0.3, 0.4) is 0 Å². The minimum absolute atomic E-state index is 0.172. The SMILES string of the molecule is Cc1c(OC(C)C)ccnc1N. The molecule has 0 radical (unpaired) electrons. The Morgan fingerprint density at radius 1 is 1.50 bits per heavy atom. The number of aromatic nitrogens is 1. The molecule has 0 spiro atoms. The van der Waals surface area contributed by atoms with Crippen molar-refractivity contribution in [3.63, 3.8) is 0 Å². The first-order valence-electron chi connectivity index (χ1n) is 3.99. The number of anilines is 1. The van der Waals surface area contributed by atoms with Gasteiger partial charge in [0.2, 0.25) is 0 Å². The van der Waals surface area contributed by atoms with E-state index in [1.54, 1.807) is 6.20 Å². The molecular weight excluding hydrogens is 152 g/mol. The van der Waals surface area contributed by atoms with Crippen molar-refractivity contribution in [1.82, 2.24) is 4.98 Å². The number of nitrogen functional groups attached to an aromatic ring is 1. The quantitative estimate of drug-likeness (QED) is 0.728. The largest absolute Gasteiger partial charge is 0.491 e. The Labute approximate surface area is 72.6 Å². The van der Waals surface area contributed by atoms with Crippen LogP contribution in [0, 0.1) is 6.92 Å². The minimum atomic E-state index is 0.172. The van der Waals surface area contributed by atoms with Gasteiger partial charge in [0.25, 0.3) is 0 Å². The Kier molecular flexibility index (Phi) is 2.53. The Bertz CT molecular complexity index is 271. The van der Waals surface area contributed by atoms with Crippen LogP contribution in [0.1, 0.15) is 19.4 Å². The fourth-order valence-corrected chi connectivity index (χ4v) is 0.915. The van der Waals surface area contributed by atoms with E-state index in [9.17, 15) is 0 Å². The van der Waals surface area contributed by atoms with E-state index in [1.807, 2.05) is 26.8 Å². The first-order valence-corrected chi connectivity index (χ1v) is 3.99. The molecule has 1 rings (SSSR count). The lowest BCUT2D eigenvalue weighted by atomic mass is 10.2. The average Bonchev–Trinajstić information content (AvgIpc) is 1.98. The van der Waals surface area contributed by atoms with Crippen molar-refractivity contribution in [1.29, 1.82) is 0 Å². The van der Waals surface area contributed by atoms with Gasteiger partial charge in [0.15, 0.2) is 0 Å². The van der Waals surface area contributed by atoms with Gasteiger partial charge in [0.05, 0.1) is 6.10 Å². The van der Waals surface area contributed by atoms with Crippen molar-refractivity contribution < 1.29 is 4.74 Å². The molecule has 0 saturated carbocycles. The van der Waals surface area contributed by atoms with Crippen LogP contribution < -0.4 is 10.5 Å². The van der Waals surface area contributed by atoms with E-state index in [4.69, 9.17) is 10.5 Å². The van der Waals surface area contributed by atoms with Crippen LogP contribution in [0.5, 0.6) is 5.75 Å². The number of nitrogens with two attached hydrogens (primary N) is 1. The molecule has 12 heavy (non-hydrogen) atoms. The summed E-state index contributed by atoms with van der Waals surface area (Å²) >= 11 is 0. The molecule has 0 aromatic carbocycles. The highest BCUT2D eigenvalue weighted by atomic mass is 16.5. The van der Waals surface area contributed by atoms with E-state index in [0.29, 0.717) is 5.82 Å². The molecular formula is C9H14N2O. The van der Waals surface area contributed by atoms with Crippen molar-refractivity contribution in [2.75, 3.05) is 5.73 Å². The molecule has 0 aliphatic heterocycles. The Morgan fingerprint density at radius 3 is 2.75 bits per heavy atom. The van der Waals surface area contributed by atoms with E-state index >= 15 is 0 Å². The molecule has 3 nitrogen and oxygen atoms in total. The monoisotopic (exact) mass is 166 g/mol. The summed E-state index contributed by atoms with van der Waals surface area (Å²) in [5.41, 5.74) is 6.51. The predicted octanol–water partition coefficient (Wildman–Crippen LogP) is 1.76. The van der Waals surface area contributed by atoms with Crippen molar-refractivity contribution in [2.24, 2.45) is 0 Å². The normalized spacial score (nSPS) is 10.3. The second-order valence-corrected chi connectivity index (χ2v) is 2.99. The smallest absolute Gasteiger partial charge is 0.129 e. The highest BCUT2D eigenvalue weighted by molar-refractivity contribution is 5.46. The van der Waals surface area contributed by atoms with Crippen LogP contribution in [0.15, 0.2) is 12.3 Å². The fourth-order valence-electron chi connectivity index (χ4n) is 0.915. The summed E-state index contributed by atoms with van der Waals surface area (Å²) in [7, 11) is 0. The predicted molar refractivity (Wildman–Crippen MR) is 49.2 cm³/mol. The van der Waals surface area contributed by atoms with Gasteiger partial charge in [-0.2, -0.15) is 0 Å². The number of ether oxygens (including phenoxy) is 1. The topological polar surface area (TPSA) is 48.1 Å².